The molecule has 2 aromatic rings. The Morgan fingerprint density at radius 2 is 1.85 bits per heavy atom. The normalized spacial score (nSPS) is 21.1. The molecule has 0 aliphatic carbocycles. The first-order valence-corrected chi connectivity index (χ1v) is 11.7. The van der Waals surface area contributed by atoms with Crippen molar-refractivity contribution < 1.29 is 23.7 Å². The van der Waals surface area contributed by atoms with Crippen molar-refractivity contribution in [1.29, 1.82) is 5.26 Å². The van der Waals surface area contributed by atoms with Crippen molar-refractivity contribution in [2.24, 2.45) is 5.41 Å². The van der Waals surface area contributed by atoms with Gasteiger partial charge in [-0.2, -0.15) is 5.26 Å². The number of rotatable bonds is 8. The first-order valence-electron chi connectivity index (χ1n) is 11.7. The number of likely N-dealkylation sites (N-methyl/N-ethyl adjacent to an activating group) is 1. The van der Waals surface area contributed by atoms with Crippen LogP contribution in [-0.2, 0) is 13.0 Å². The van der Waals surface area contributed by atoms with Gasteiger partial charge in [0.25, 0.3) is 0 Å². The van der Waals surface area contributed by atoms with Crippen molar-refractivity contribution in [3.05, 3.63) is 41.5 Å². The molecule has 0 saturated heterocycles. The van der Waals surface area contributed by atoms with E-state index in [4.69, 9.17) is 23.7 Å². The van der Waals surface area contributed by atoms with Gasteiger partial charge < -0.3 is 23.7 Å². The van der Waals surface area contributed by atoms with E-state index in [1.807, 2.05) is 31.2 Å². The summed E-state index contributed by atoms with van der Waals surface area (Å²) in [5.41, 5.74) is 1.74. The quantitative estimate of drug-likeness (QED) is 0.562. The highest BCUT2D eigenvalue weighted by atomic mass is 16.6. The molecular formula is C27H34N2O5. The summed E-state index contributed by atoms with van der Waals surface area (Å²) in [7, 11) is 7.09. The van der Waals surface area contributed by atoms with E-state index < -0.39 is 5.41 Å². The number of nitrogens with zero attached hydrogens (tertiary/aromatic N) is 2. The lowest BCUT2D eigenvalue weighted by Gasteiger charge is -2.37. The first-order chi connectivity index (χ1) is 16.4. The Labute approximate surface area is 202 Å². The summed E-state index contributed by atoms with van der Waals surface area (Å²) < 4.78 is 28.9. The molecule has 3 atom stereocenters. The van der Waals surface area contributed by atoms with Gasteiger partial charge in [0.15, 0.2) is 29.1 Å². The maximum absolute atomic E-state index is 10.0. The van der Waals surface area contributed by atoms with E-state index in [9.17, 15) is 5.26 Å². The average Bonchev–Trinajstić information content (AvgIpc) is 2.87. The van der Waals surface area contributed by atoms with Crippen molar-refractivity contribution in [1.82, 2.24) is 4.90 Å². The zero-order valence-corrected chi connectivity index (χ0v) is 20.7. The molecule has 7 nitrogen and oxygen atoms in total. The van der Waals surface area contributed by atoms with E-state index >= 15 is 0 Å². The molecule has 0 N–H and O–H groups in total. The number of hydrogen-bond acceptors (Lipinski definition) is 7. The molecular weight excluding hydrogens is 432 g/mol. The predicted molar refractivity (Wildman–Crippen MR) is 129 cm³/mol. The second kappa shape index (κ2) is 10.0. The standard InChI is InChI=1S/C27H34N2O5/c1-27(17-28,24-16-33-21-10-6-7-11-22(21)34-24)12-8-9-19-13-18-14-23(30-3)26(32-5)25(31-4)20(18)15-29(19)2/h6-7,10-11,14,19,24H,8-9,12-13,15-16H2,1-5H3. The lowest BCUT2D eigenvalue weighted by atomic mass is 9.79. The van der Waals surface area contributed by atoms with E-state index in [1.54, 1.807) is 21.3 Å². The molecule has 3 unspecified atom stereocenters. The fourth-order valence-corrected chi connectivity index (χ4v) is 5.06. The number of benzene rings is 2. The molecule has 0 bridgehead atoms. The van der Waals surface area contributed by atoms with Gasteiger partial charge in [-0.15, -0.1) is 0 Å². The summed E-state index contributed by atoms with van der Waals surface area (Å²) >= 11 is 0. The molecule has 0 radical (unpaired) electrons. The average molecular weight is 467 g/mol. The van der Waals surface area contributed by atoms with Crippen molar-refractivity contribution in [3.63, 3.8) is 0 Å². The highest BCUT2D eigenvalue weighted by Crippen LogP contribution is 2.45. The zero-order chi connectivity index (χ0) is 24.3. The molecule has 2 aliphatic heterocycles. The van der Waals surface area contributed by atoms with Crippen LogP contribution < -0.4 is 23.7 Å². The van der Waals surface area contributed by atoms with Gasteiger partial charge in [-0.05, 0) is 57.0 Å². The van der Waals surface area contributed by atoms with Gasteiger partial charge >= 0.3 is 0 Å². The third kappa shape index (κ3) is 4.47. The molecule has 34 heavy (non-hydrogen) atoms. The van der Waals surface area contributed by atoms with Crippen LogP contribution in [-0.4, -0.2) is 52.0 Å². The van der Waals surface area contributed by atoms with Crippen LogP contribution in [0.25, 0.3) is 0 Å². The highest BCUT2D eigenvalue weighted by molar-refractivity contribution is 5.60. The Kier molecular flexibility index (Phi) is 7.08. The van der Waals surface area contributed by atoms with Crippen LogP contribution >= 0.6 is 0 Å². The fraction of sp³-hybridized carbons (Fsp3) is 0.519. The minimum atomic E-state index is -0.627. The molecule has 4 rings (SSSR count). The molecule has 0 spiro atoms. The Hall–Kier alpha value is -3.11. The molecule has 2 heterocycles. The van der Waals surface area contributed by atoms with Gasteiger partial charge in [-0.3, -0.25) is 4.90 Å². The van der Waals surface area contributed by atoms with Gasteiger partial charge in [0.05, 0.1) is 32.8 Å². The summed E-state index contributed by atoms with van der Waals surface area (Å²) in [5, 5.41) is 10.0. The van der Waals surface area contributed by atoms with Crippen molar-refractivity contribution in [3.8, 4) is 34.8 Å². The minimum absolute atomic E-state index is 0.293. The topological polar surface area (TPSA) is 73.2 Å². The minimum Gasteiger partial charge on any atom is -0.493 e. The number of fused-ring (bicyclic) bond motifs is 2. The molecule has 182 valence electrons. The SMILES string of the molecule is COc1cc2c(c(OC)c1OC)CN(C)C(CCCC(C)(C#N)C1COc3ccccc3O1)C2. The van der Waals surface area contributed by atoms with Crippen LogP contribution in [0.4, 0.5) is 0 Å². The zero-order valence-electron chi connectivity index (χ0n) is 20.7. The van der Waals surface area contributed by atoms with Crippen molar-refractivity contribution in [2.75, 3.05) is 35.0 Å². The Morgan fingerprint density at radius 1 is 1.12 bits per heavy atom. The van der Waals surface area contributed by atoms with E-state index in [1.165, 1.54) is 5.56 Å². The summed E-state index contributed by atoms with van der Waals surface area (Å²) in [4.78, 5) is 2.36. The Morgan fingerprint density at radius 3 is 2.53 bits per heavy atom. The van der Waals surface area contributed by atoms with Crippen molar-refractivity contribution in [2.45, 2.75) is 51.3 Å². The number of hydrogen-bond donors (Lipinski definition) is 0. The summed E-state index contributed by atoms with van der Waals surface area (Å²) in [6.07, 6.45) is 3.24. The van der Waals surface area contributed by atoms with Gasteiger partial charge in [0, 0.05) is 18.2 Å². The van der Waals surface area contributed by atoms with E-state index in [0.29, 0.717) is 29.9 Å². The highest BCUT2D eigenvalue weighted by Gasteiger charge is 2.39. The predicted octanol–water partition coefficient (Wildman–Crippen LogP) is 4.61. The smallest absolute Gasteiger partial charge is 0.203 e. The molecule has 7 heteroatoms. The number of nitriles is 1. The summed E-state index contributed by atoms with van der Waals surface area (Å²) in [5.74, 6) is 3.52. The van der Waals surface area contributed by atoms with Crippen LogP contribution in [0.5, 0.6) is 28.7 Å². The van der Waals surface area contributed by atoms with Crippen LogP contribution in [0.3, 0.4) is 0 Å². The maximum Gasteiger partial charge on any atom is 0.203 e. The van der Waals surface area contributed by atoms with Gasteiger partial charge in [-0.25, -0.2) is 0 Å². The summed E-state index contributed by atoms with van der Waals surface area (Å²) in [6.45, 7) is 3.14. The molecule has 0 fully saturated rings. The summed E-state index contributed by atoms with van der Waals surface area (Å²) in [6, 6.07) is 12.6. The first kappa shape index (κ1) is 24.0. The molecule has 0 saturated carbocycles. The van der Waals surface area contributed by atoms with E-state index in [0.717, 1.165) is 49.3 Å². The number of para-hydroxylation sites is 2. The molecule has 2 aromatic carbocycles. The number of methoxy groups -OCH3 is 3. The van der Waals surface area contributed by atoms with Crippen LogP contribution in [0.1, 0.15) is 37.3 Å². The maximum atomic E-state index is 10.0. The molecule has 0 aromatic heterocycles. The lowest BCUT2D eigenvalue weighted by molar-refractivity contribution is 0.0191. The van der Waals surface area contributed by atoms with E-state index in [2.05, 4.69) is 24.1 Å². The van der Waals surface area contributed by atoms with Crippen LogP contribution in [0.2, 0.25) is 0 Å². The number of ether oxygens (including phenoxy) is 5. The van der Waals surface area contributed by atoms with Crippen LogP contribution in [0, 0.1) is 16.7 Å². The molecule has 0 amide bonds. The third-order valence-electron chi connectivity index (χ3n) is 7.22. The lowest BCUT2D eigenvalue weighted by Crippen LogP contribution is -2.43. The monoisotopic (exact) mass is 466 g/mol. The Balaban J connectivity index is 1.43. The largest absolute Gasteiger partial charge is 0.493 e. The van der Waals surface area contributed by atoms with Gasteiger partial charge in [-0.1, -0.05) is 18.6 Å². The fourth-order valence-electron chi connectivity index (χ4n) is 5.06. The third-order valence-corrected chi connectivity index (χ3v) is 7.22. The second-order valence-corrected chi connectivity index (χ2v) is 9.34. The van der Waals surface area contributed by atoms with E-state index in [-0.39, 0.29) is 6.10 Å². The van der Waals surface area contributed by atoms with Crippen LogP contribution in [0.15, 0.2) is 30.3 Å². The van der Waals surface area contributed by atoms with Gasteiger partial charge in [0.1, 0.15) is 6.61 Å². The Bertz CT molecular complexity index is 1070. The van der Waals surface area contributed by atoms with Gasteiger partial charge in [0.2, 0.25) is 5.75 Å². The second-order valence-electron chi connectivity index (χ2n) is 9.34. The van der Waals surface area contributed by atoms with Crippen molar-refractivity contribution >= 4 is 0 Å². The molecule has 2 aliphatic rings.